The normalized spacial score (nSPS) is 10.7. The molecule has 0 atom stereocenters. The number of hydrogen-bond donors (Lipinski definition) is 2. The summed E-state index contributed by atoms with van der Waals surface area (Å²) in [6.07, 6.45) is 6.12. The Morgan fingerprint density at radius 2 is 2.45 bits per heavy atom. The van der Waals surface area contributed by atoms with Crippen LogP contribution in [0.15, 0.2) is 11.6 Å². The van der Waals surface area contributed by atoms with Crippen molar-refractivity contribution in [2.45, 2.75) is 6.92 Å². The van der Waals surface area contributed by atoms with Crippen molar-refractivity contribution in [2.24, 2.45) is 0 Å². The summed E-state index contributed by atoms with van der Waals surface area (Å²) >= 11 is 0. The maximum Gasteiger partial charge on any atom is 0.328 e. The number of hydrogen-bond acceptors (Lipinski definition) is 2. The second-order valence-corrected chi connectivity index (χ2v) is 2.14. The standard InChI is InChI=1S/C8H11NO2/c1-3-4-9-6-7(2)5-8(10)11/h1,5,9H,4,6H2,2H3,(H,10,11)/b7-5+. The zero-order valence-corrected chi connectivity index (χ0v) is 6.42. The molecule has 0 unspecified atom stereocenters. The Labute approximate surface area is 66.1 Å². The van der Waals surface area contributed by atoms with Crippen LogP contribution in [0.2, 0.25) is 0 Å². The maximum atomic E-state index is 10.1. The van der Waals surface area contributed by atoms with Gasteiger partial charge in [-0.15, -0.1) is 6.42 Å². The van der Waals surface area contributed by atoms with E-state index in [2.05, 4.69) is 11.2 Å². The van der Waals surface area contributed by atoms with Crippen molar-refractivity contribution in [3.05, 3.63) is 11.6 Å². The first kappa shape index (κ1) is 9.73. The molecule has 0 amide bonds. The molecular weight excluding hydrogens is 142 g/mol. The van der Waals surface area contributed by atoms with E-state index < -0.39 is 5.97 Å². The SMILES string of the molecule is C#CCNC/C(C)=C/C(=O)O. The highest BCUT2D eigenvalue weighted by Gasteiger charge is 1.91. The second kappa shape index (κ2) is 5.51. The Hall–Kier alpha value is -1.27. The van der Waals surface area contributed by atoms with Gasteiger partial charge in [0.15, 0.2) is 0 Å². The molecule has 0 radical (unpaired) electrons. The van der Waals surface area contributed by atoms with Crippen LogP contribution in [0.3, 0.4) is 0 Å². The van der Waals surface area contributed by atoms with Gasteiger partial charge in [0.05, 0.1) is 6.54 Å². The molecule has 2 N–H and O–H groups in total. The largest absolute Gasteiger partial charge is 0.478 e. The van der Waals surface area contributed by atoms with Crippen molar-refractivity contribution in [2.75, 3.05) is 13.1 Å². The Morgan fingerprint density at radius 3 is 2.91 bits per heavy atom. The van der Waals surface area contributed by atoms with Crippen LogP contribution in [0, 0.1) is 12.3 Å². The quantitative estimate of drug-likeness (QED) is 0.345. The lowest BCUT2D eigenvalue weighted by molar-refractivity contribution is -0.131. The second-order valence-electron chi connectivity index (χ2n) is 2.14. The van der Waals surface area contributed by atoms with E-state index in [0.29, 0.717) is 13.1 Å². The van der Waals surface area contributed by atoms with Gasteiger partial charge in [-0.25, -0.2) is 4.79 Å². The average molecular weight is 153 g/mol. The molecule has 0 aliphatic rings. The highest BCUT2D eigenvalue weighted by molar-refractivity contribution is 5.80. The minimum Gasteiger partial charge on any atom is -0.478 e. The van der Waals surface area contributed by atoms with Gasteiger partial charge in [0.1, 0.15) is 0 Å². The fraction of sp³-hybridized carbons (Fsp3) is 0.375. The van der Waals surface area contributed by atoms with Crippen LogP contribution in [0.1, 0.15) is 6.92 Å². The number of rotatable bonds is 4. The van der Waals surface area contributed by atoms with Crippen LogP contribution in [-0.4, -0.2) is 24.2 Å². The number of carboxylic acid groups (broad SMARTS) is 1. The zero-order chi connectivity index (χ0) is 8.69. The number of carboxylic acids is 1. The maximum absolute atomic E-state index is 10.1. The average Bonchev–Trinajstić information content (AvgIpc) is 1.86. The first-order valence-electron chi connectivity index (χ1n) is 3.21. The third-order valence-electron chi connectivity index (χ3n) is 1.00. The molecule has 0 spiro atoms. The molecule has 0 saturated carbocycles. The van der Waals surface area contributed by atoms with E-state index in [-0.39, 0.29) is 0 Å². The third kappa shape index (κ3) is 6.62. The van der Waals surface area contributed by atoms with E-state index in [1.54, 1.807) is 6.92 Å². The molecule has 0 saturated heterocycles. The van der Waals surface area contributed by atoms with Gasteiger partial charge in [-0.2, -0.15) is 0 Å². The minimum atomic E-state index is -0.926. The van der Waals surface area contributed by atoms with Crippen molar-refractivity contribution in [1.82, 2.24) is 5.32 Å². The van der Waals surface area contributed by atoms with Gasteiger partial charge in [-0.05, 0) is 6.92 Å². The molecule has 0 bridgehead atoms. The molecule has 0 rings (SSSR count). The monoisotopic (exact) mass is 153 g/mol. The molecule has 0 aromatic carbocycles. The fourth-order valence-electron chi connectivity index (χ4n) is 0.594. The summed E-state index contributed by atoms with van der Waals surface area (Å²) in [6, 6.07) is 0. The van der Waals surface area contributed by atoms with Gasteiger partial charge in [0.25, 0.3) is 0 Å². The molecular formula is C8H11NO2. The fourth-order valence-corrected chi connectivity index (χ4v) is 0.594. The lowest BCUT2D eigenvalue weighted by Crippen LogP contribution is -2.16. The van der Waals surface area contributed by atoms with Gasteiger partial charge in [0.2, 0.25) is 0 Å². The number of nitrogens with one attached hydrogen (secondary N) is 1. The number of aliphatic carboxylic acids is 1. The van der Waals surface area contributed by atoms with Gasteiger partial charge in [-0.3, -0.25) is 0 Å². The van der Waals surface area contributed by atoms with Crippen molar-refractivity contribution < 1.29 is 9.90 Å². The van der Waals surface area contributed by atoms with E-state index in [4.69, 9.17) is 11.5 Å². The Balaban J connectivity index is 3.61. The molecule has 3 nitrogen and oxygen atoms in total. The van der Waals surface area contributed by atoms with Crippen molar-refractivity contribution in [1.29, 1.82) is 0 Å². The molecule has 0 aliphatic heterocycles. The first-order chi connectivity index (χ1) is 5.16. The smallest absolute Gasteiger partial charge is 0.328 e. The molecule has 0 heterocycles. The predicted molar refractivity (Wildman–Crippen MR) is 43.1 cm³/mol. The van der Waals surface area contributed by atoms with Crippen molar-refractivity contribution in [3.63, 3.8) is 0 Å². The van der Waals surface area contributed by atoms with Crippen LogP contribution in [-0.2, 0) is 4.79 Å². The lowest BCUT2D eigenvalue weighted by Gasteiger charge is -1.98. The molecule has 0 fully saturated rings. The van der Waals surface area contributed by atoms with Crippen LogP contribution in [0.4, 0.5) is 0 Å². The third-order valence-corrected chi connectivity index (χ3v) is 1.00. The van der Waals surface area contributed by atoms with E-state index in [1.807, 2.05) is 0 Å². The summed E-state index contributed by atoms with van der Waals surface area (Å²) in [7, 11) is 0. The summed E-state index contributed by atoms with van der Waals surface area (Å²) in [5.41, 5.74) is 0.757. The van der Waals surface area contributed by atoms with E-state index in [9.17, 15) is 4.79 Å². The van der Waals surface area contributed by atoms with E-state index >= 15 is 0 Å². The van der Waals surface area contributed by atoms with Gasteiger partial charge < -0.3 is 10.4 Å². The summed E-state index contributed by atoms with van der Waals surface area (Å²) in [4.78, 5) is 10.1. The van der Waals surface area contributed by atoms with Gasteiger partial charge >= 0.3 is 5.97 Å². The Kier molecular flexibility index (Phi) is 4.87. The topological polar surface area (TPSA) is 49.3 Å². The number of carbonyl (C=O) groups is 1. The van der Waals surface area contributed by atoms with E-state index in [1.165, 1.54) is 0 Å². The molecule has 0 aliphatic carbocycles. The summed E-state index contributed by atoms with van der Waals surface area (Å²) in [5.74, 6) is 1.46. The van der Waals surface area contributed by atoms with Gasteiger partial charge in [0, 0.05) is 12.6 Å². The first-order valence-corrected chi connectivity index (χ1v) is 3.21. The van der Waals surface area contributed by atoms with Gasteiger partial charge in [-0.1, -0.05) is 11.5 Å². The Morgan fingerprint density at radius 1 is 1.82 bits per heavy atom. The van der Waals surface area contributed by atoms with Crippen LogP contribution in [0.5, 0.6) is 0 Å². The van der Waals surface area contributed by atoms with Crippen LogP contribution in [0.25, 0.3) is 0 Å². The van der Waals surface area contributed by atoms with Crippen LogP contribution < -0.4 is 5.32 Å². The van der Waals surface area contributed by atoms with E-state index in [0.717, 1.165) is 11.6 Å². The zero-order valence-electron chi connectivity index (χ0n) is 6.42. The summed E-state index contributed by atoms with van der Waals surface area (Å²) < 4.78 is 0. The molecule has 0 aromatic heterocycles. The van der Waals surface area contributed by atoms with Crippen molar-refractivity contribution >= 4 is 5.97 Å². The molecule has 0 aromatic rings. The molecule has 3 heteroatoms. The summed E-state index contributed by atoms with van der Waals surface area (Å²) in [6.45, 7) is 2.72. The molecule has 60 valence electrons. The highest BCUT2D eigenvalue weighted by Crippen LogP contribution is 1.87. The number of terminal acetylenes is 1. The highest BCUT2D eigenvalue weighted by atomic mass is 16.4. The predicted octanol–water partition coefficient (Wildman–Crippen LogP) is 0.240. The Bertz CT molecular complexity index is 201. The minimum absolute atomic E-state index is 0.463. The summed E-state index contributed by atoms with van der Waals surface area (Å²) in [5, 5.41) is 11.2. The van der Waals surface area contributed by atoms with Crippen LogP contribution >= 0.6 is 0 Å². The van der Waals surface area contributed by atoms with Crippen molar-refractivity contribution in [3.8, 4) is 12.3 Å². The molecule has 11 heavy (non-hydrogen) atoms. The lowest BCUT2D eigenvalue weighted by atomic mass is 10.3.